The van der Waals surface area contributed by atoms with Gasteiger partial charge in [-0.2, -0.15) is 0 Å². The number of aliphatic hydroxyl groups excluding tert-OH is 2. The van der Waals surface area contributed by atoms with Crippen LogP contribution >= 0.6 is 0 Å². The molecular weight excluding hydrogens is 332 g/mol. The third-order valence-electron chi connectivity index (χ3n) is 8.79. The number of allylic oxidation sites excluding steroid dienone is 1. The van der Waals surface area contributed by atoms with E-state index in [0.29, 0.717) is 37.9 Å². The maximum Gasteiger partial charge on any atom is 0.174 e. The van der Waals surface area contributed by atoms with E-state index in [2.05, 4.69) is 6.92 Å². The number of carbonyl (C=O) groups is 1. The van der Waals surface area contributed by atoms with E-state index in [0.717, 1.165) is 5.57 Å². The van der Waals surface area contributed by atoms with Gasteiger partial charge in [-0.3, -0.25) is 4.79 Å². The molecule has 0 aromatic carbocycles. The fourth-order valence-electron chi connectivity index (χ4n) is 6.59. The van der Waals surface area contributed by atoms with Crippen molar-refractivity contribution < 1.29 is 24.9 Å². The SMILES string of the molecule is CC1=C2[C@@H](O)C(=O)[C@@]3(C)C(C[C@](O)(CC1)C2(C)C)C1(C)COC1C[C@@H]3O. The molecule has 26 heavy (non-hydrogen) atoms. The van der Waals surface area contributed by atoms with Gasteiger partial charge in [-0.05, 0) is 44.6 Å². The van der Waals surface area contributed by atoms with Crippen LogP contribution in [0.15, 0.2) is 11.1 Å². The van der Waals surface area contributed by atoms with Crippen molar-refractivity contribution in [1.29, 1.82) is 0 Å². The second-order valence-corrected chi connectivity index (χ2v) is 10.2. The maximum atomic E-state index is 13.6. The van der Waals surface area contributed by atoms with Gasteiger partial charge in [-0.15, -0.1) is 0 Å². The lowest BCUT2D eigenvalue weighted by molar-refractivity contribution is -0.286. The van der Waals surface area contributed by atoms with Crippen LogP contribution < -0.4 is 0 Å². The molecule has 1 aliphatic heterocycles. The molecule has 3 fully saturated rings. The van der Waals surface area contributed by atoms with Crippen LogP contribution in [0.25, 0.3) is 0 Å². The molecule has 2 saturated carbocycles. The first-order valence-corrected chi connectivity index (χ1v) is 9.84. The highest BCUT2D eigenvalue weighted by atomic mass is 16.5. The first-order chi connectivity index (χ1) is 11.9. The number of fused-ring (bicyclic) bond motifs is 5. The van der Waals surface area contributed by atoms with Crippen molar-refractivity contribution in [1.82, 2.24) is 0 Å². The molecule has 0 amide bonds. The number of rotatable bonds is 0. The second-order valence-electron chi connectivity index (χ2n) is 10.2. The topological polar surface area (TPSA) is 87.0 Å². The van der Waals surface area contributed by atoms with Crippen LogP contribution in [0.2, 0.25) is 0 Å². The Balaban J connectivity index is 1.93. The summed E-state index contributed by atoms with van der Waals surface area (Å²) in [5.74, 6) is -0.531. The Bertz CT molecular complexity index is 697. The molecule has 3 unspecified atom stereocenters. The molecule has 0 spiro atoms. The van der Waals surface area contributed by atoms with Crippen molar-refractivity contribution in [3.63, 3.8) is 0 Å². The quantitative estimate of drug-likeness (QED) is 0.572. The van der Waals surface area contributed by atoms with Crippen molar-refractivity contribution >= 4 is 5.78 Å². The van der Waals surface area contributed by atoms with Crippen LogP contribution in [0.4, 0.5) is 0 Å². The predicted molar refractivity (Wildman–Crippen MR) is 96.4 cm³/mol. The molecule has 5 nitrogen and oxygen atoms in total. The van der Waals surface area contributed by atoms with Gasteiger partial charge in [-0.25, -0.2) is 0 Å². The average Bonchev–Trinajstić information content (AvgIpc) is 2.56. The molecule has 0 radical (unpaired) electrons. The smallest absolute Gasteiger partial charge is 0.174 e. The minimum atomic E-state index is -1.28. The lowest BCUT2D eigenvalue weighted by atomic mass is 9.44. The zero-order valence-electron chi connectivity index (χ0n) is 16.5. The van der Waals surface area contributed by atoms with E-state index >= 15 is 0 Å². The van der Waals surface area contributed by atoms with Gasteiger partial charge in [0.1, 0.15) is 6.10 Å². The van der Waals surface area contributed by atoms with Crippen LogP contribution in [-0.4, -0.2) is 51.6 Å². The monoisotopic (exact) mass is 364 g/mol. The standard InChI is InChI=1S/C21H32O5/c1-11-6-7-21(25)9-12-19(4)10-26-14(19)8-13(22)20(12,5)17(24)16(23)15(11)18(21,2)3/h12-14,16,22-23,25H,6-10H2,1-5H3/t12?,13-,14?,16+,19?,20-,21+/m0/s1. The molecule has 3 aliphatic carbocycles. The average molecular weight is 364 g/mol. The molecule has 4 aliphatic rings. The van der Waals surface area contributed by atoms with Gasteiger partial charge < -0.3 is 20.1 Å². The van der Waals surface area contributed by atoms with E-state index in [1.54, 1.807) is 6.92 Å². The van der Waals surface area contributed by atoms with Crippen molar-refractivity contribution in [2.24, 2.45) is 22.2 Å². The molecule has 146 valence electrons. The molecule has 7 atom stereocenters. The lowest BCUT2D eigenvalue weighted by Crippen LogP contribution is -2.72. The predicted octanol–water partition coefficient (Wildman–Crippen LogP) is 1.98. The highest BCUT2D eigenvalue weighted by Gasteiger charge is 2.69. The van der Waals surface area contributed by atoms with Gasteiger partial charge in [0.05, 0.1) is 29.8 Å². The molecule has 3 N–H and O–H groups in total. The number of hydrogen-bond donors (Lipinski definition) is 3. The Hall–Kier alpha value is -0.750. The van der Waals surface area contributed by atoms with Crippen LogP contribution in [0.3, 0.4) is 0 Å². The lowest BCUT2D eigenvalue weighted by Gasteiger charge is -2.66. The molecule has 5 heteroatoms. The summed E-state index contributed by atoms with van der Waals surface area (Å²) in [4.78, 5) is 13.6. The Morgan fingerprint density at radius 1 is 1.15 bits per heavy atom. The number of hydrogen-bond acceptors (Lipinski definition) is 5. The molecule has 1 heterocycles. The largest absolute Gasteiger partial charge is 0.392 e. The molecule has 0 aromatic rings. The van der Waals surface area contributed by atoms with Gasteiger partial charge in [-0.1, -0.05) is 26.3 Å². The summed E-state index contributed by atoms with van der Waals surface area (Å²) >= 11 is 0. The second kappa shape index (κ2) is 5.19. The van der Waals surface area contributed by atoms with Crippen molar-refractivity contribution in [3.8, 4) is 0 Å². The number of Topliss-reactive ketones (excluding diaryl/α,β-unsaturated/α-hetero) is 1. The highest BCUT2D eigenvalue weighted by Crippen LogP contribution is 2.64. The normalized spacial score (nSPS) is 53.2. The Labute approximate surface area is 155 Å². The third kappa shape index (κ3) is 1.93. The first kappa shape index (κ1) is 18.6. The number of ketones is 1. The molecule has 4 rings (SSSR count). The van der Waals surface area contributed by atoms with E-state index in [9.17, 15) is 20.1 Å². The van der Waals surface area contributed by atoms with Crippen LogP contribution in [0.1, 0.15) is 60.3 Å². The molecular formula is C21H32O5. The zero-order chi connectivity index (χ0) is 19.3. The van der Waals surface area contributed by atoms with Crippen molar-refractivity contribution in [2.45, 2.75) is 84.2 Å². The Kier molecular flexibility index (Phi) is 3.72. The number of aliphatic hydroxyl groups is 3. The minimum absolute atomic E-state index is 0.0907. The number of ether oxygens (including phenoxy) is 1. The van der Waals surface area contributed by atoms with Crippen LogP contribution in [0, 0.1) is 22.2 Å². The van der Waals surface area contributed by atoms with E-state index in [1.165, 1.54) is 0 Å². The summed E-state index contributed by atoms with van der Waals surface area (Å²) in [5.41, 5.74) is -1.41. The zero-order valence-corrected chi connectivity index (χ0v) is 16.5. The summed E-state index contributed by atoms with van der Waals surface area (Å²) in [6.07, 6.45) is -0.101. The molecule has 0 aromatic heterocycles. The van der Waals surface area contributed by atoms with Gasteiger partial charge in [0.2, 0.25) is 0 Å². The summed E-state index contributed by atoms with van der Waals surface area (Å²) in [7, 11) is 0. The summed E-state index contributed by atoms with van der Waals surface area (Å²) in [6.45, 7) is 10.3. The van der Waals surface area contributed by atoms with Crippen LogP contribution in [-0.2, 0) is 9.53 Å². The Morgan fingerprint density at radius 2 is 1.81 bits per heavy atom. The summed E-state index contributed by atoms with van der Waals surface area (Å²) < 4.78 is 5.72. The van der Waals surface area contributed by atoms with Crippen LogP contribution in [0.5, 0.6) is 0 Å². The highest BCUT2D eigenvalue weighted by molar-refractivity contribution is 5.93. The van der Waals surface area contributed by atoms with Gasteiger partial charge in [0.15, 0.2) is 5.78 Å². The molecule has 2 bridgehead atoms. The fraction of sp³-hybridized carbons (Fsp3) is 0.857. The van der Waals surface area contributed by atoms with Gasteiger partial charge in [0, 0.05) is 17.3 Å². The van der Waals surface area contributed by atoms with E-state index in [1.807, 2.05) is 20.8 Å². The first-order valence-electron chi connectivity index (χ1n) is 9.84. The van der Waals surface area contributed by atoms with Gasteiger partial charge >= 0.3 is 0 Å². The fourth-order valence-corrected chi connectivity index (χ4v) is 6.59. The van der Waals surface area contributed by atoms with Crippen molar-refractivity contribution in [2.75, 3.05) is 6.61 Å². The van der Waals surface area contributed by atoms with E-state index < -0.39 is 28.6 Å². The summed E-state index contributed by atoms with van der Waals surface area (Å²) in [5, 5.41) is 33.8. The van der Waals surface area contributed by atoms with Gasteiger partial charge in [0.25, 0.3) is 0 Å². The van der Waals surface area contributed by atoms with E-state index in [-0.39, 0.29) is 23.2 Å². The van der Waals surface area contributed by atoms with E-state index in [4.69, 9.17) is 4.74 Å². The molecule has 1 saturated heterocycles. The minimum Gasteiger partial charge on any atom is -0.392 e. The number of carbonyl (C=O) groups excluding carboxylic acids is 1. The maximum absolute atomic E-state index is 13.6. The summed E-state index contributed by atoms with van der Waals surface area (Å²) in [6, 6.07) is 0. The third-order valence-corrected chi connectivity index (χ3v) is 8.79. The Morgan fingerprint density at radius 3 is 2.38 bits per heavy atom. The van der Waals surface area contributed by atoms with Crippen molar-refractivity contribution in [3.05, 3.63) is 11.1 Å².